The molecular weight excluding hydrogens is 244 g/mol. The first-order valence-electron chi connectivity index (χ1n) is 6.08. The molecule has 2 aromatic rings. The fraction of sp³-hybridized carbons (Fsp3) is 0.308. The lowest BCUT2D eigenvalue weighted by Gasteiger charge is -2.27. The van der Waals surface area contributed by atoms with E-state index in [2.05, 4.69) is 15.2 Å². The minimum absolute atomic E-state index is 0.158. The van der Waals surface area contributed by atoms with Gasteiger partial charge in [-0.15, -0.1) is 0 Å². The van der Waals surface area contributed by atoms with E-state index in [-0.39, 0.29) is 23.5 Å². The van der Waals surface area contributed by atoms with Crippen molar-refractivity contribution in [2.45, 2.75) is 19.9 Å². The van der Waals surface area contributed by atoms with Crippen LogP contribution in [0.4, 0.5) is 0 Å². The molecular formula is C13H16N4O2. The number of H-pyrrole nitrogens is 1. The second kappa shape index (κ2) is 5.51. The molecule has 0 aliphatic rings. The van der Waals surface area contributed by atoms with Crippen LogP contribution in [0.25, 0.3) is 0 Å². The van der Waals surface area contributed by atoms with Gasteiger partial charge in [0.15, 0.2) is 0 Å². The molecule has 1 aromatic carbocycles. The summed E-state index contributed by atoms with van der Waals surface area (Å²) in [5, 5.41) is 15.8. The molecule has 1 atom stereocenters. The van der Waals surface area contributed by atoms with Crippen molar-refractivity contribution >= 4 is 5.91 Å². The van der Waals surface area contributed by atoms with Gasteiger partial charge < -0.3 is 10.0 Å². The molecule has 0 bridgehead atoms. The molecule has 0 aliphatic heterocycles. The molecule has 0 radical (unpaired) electrons. The van der Waals surface area contributed by atoms with Crippen molar-refractivity contribution in [3.05, 3.63) is 42.0 Å². The Labute approximate surface area is 111 Å². The van der Waals surface area contributed by atoms with Crippen LogP contribution in [0.5, 0.6) is 5.75 Å². The Balaban J connectivity index is 2.24. The van der Waals surface area contributed by atoms with E-state index in [9.17, 15) is 9.90 Å². The highest BCUT2D eigenvalue weighted by atomic mass is 16.3. The van der Waals surface area contributed by atoms with E-state index >= 15 is 0 Å². The Morgan fingerprint density at radius 2 is 2.32 bits per heavy atom. The van der Waals surface area contributed by atoms with Gasteiger partial charge in [0.2, 0.25) is 5.82 Å². The standard InChI is InChI=1S/C13H16N4O2/c1-3-17(13(19)12-14-8-15-16-12)9(2)10-5-4-6-11(18)7-10/h4-9,18H,3H2,1-2H3,(H,14,15,16). The molecule has 0 aliphatic carbocycles. The maximum Gasteiger partial charge on any atom is 0.291 e. The minimum Gasteiger partial charge on any atom is -0.508 e. The van der Waals surface area contributed by atoms with Gasteiger partial charge in [-0.25, -0.2) is 4.98 Å². The van der Waals surface area contributed by atoms with Crippen molar-refractivity contribution in [1.29, 1.82) is 0 Å². The third kappa shape index (κ3) is 2.73. The quantitative estimate of drug-likeness (QED) is 0.877. The Morgan fingerprint density at radius 3 is 2.89 bits per heavy atom. The number of carbonyl (C=O) groups is 1. The van der Waals surface area contributed by atoms with Crippen LogP contribution in [0.1, 0.15) is 36.1 Å². The molecule has 1 unspecified atom stereocenters. The fourth-order valence-corrected chi connectivity index (χ4v) is 2.00. The van der Waals surface area contributed by atoms with Crippen molar-refractivity contribution < 1.29 is 9.90 Å². The number of hydrogen-bond donors (Lipinski definition) is 2. The summed E-state index contributed by atoms with van der Waals surface area (Å²) in [6.45, 7) is 4.34. The summed E-state index contributed by atoms with van der Waals surface area (Å²) in [4.78, 5) is 17.8. The average molecular weight is 260 g/mol. The monoisotopic (exact) mass is 260 g/mol. The number of nitrogens with zero attached hydrogens (tertiary/aromatic N) is 3. The number of aromatic amines is 1. The summed E-state index contributed by atoms with van der Waals surface area (Å²) < 4.78 is 0. The van der Waals surface area contributed by atoms with Crippen molar-refractivity contribution in [3.63, 3.8) is 0 Å². The van der Waals surface area contributed by atoms with Crippen molar-refractivity contribution in [1.82, 2.24) is 20.1 Å². The van der Waals surface area contributed by atoms with Crippen LogP contribution < -0.4 is 0 Å². The van der Waals surface area contributed by atoms with Gasteiger partial charge in [-0.3, -0.25) is 9.89 Å². The van der Waals surface area contributed by atoms with E-state index in [1.54, 1.807) is 23.1 Å². The first-order chi connectivity index (χ1) is 9.13. The smallest absolute Gasteiger partial charge is 0.291 e. The van der Waals surface area contributed by atoms with Crippen molar-refractivity contribution in [3.8, 4) is 5.75 Å². The second-order valence-corrected chi connectivity index (χ2v) is 4.20. The van der Waals surface area contributed by atoms with E-state index in [1.165, 1.54) is 6.33 Å². The number of nitrogens with one attached hydrogen (secondary N) is 1. The molecule has 2 N–H and O–H groups in total. The van der Waals surface area contributed by atoms with Gasteiger partial charge in [0.25, 0.3) is 5.91 Å². The molecule has 0 fully saturated rings. The lowest BCUT2D eigenvalue weighted by atomic mass is 10.1. The Morgan fingerprint density at radius 1 is 1.53 bits per heavy atom. The van der Waals surface area contributed by atoms with Crippen LogP contribution >= 0.6 is 0 Å². The van der Waals surface area contributed by atoms with Crippen LogP contribution in [0, 0.1) is 0 Å². The molecule has 2 rings (SSSR count). The molecule has 1 amide bonds. The van der Waals surface area contributed by atoms with Gasteiger partial charge in [0.1, 0.15) is 12.1 Å². The summed E-state index contributed by atoms with van der Waals surface area (Å²) in [7, 11) is 0. The normalized spacial score (nSPS) is 12.1. The summed E-state index contributed by atoms with van der Waals surface area (Å²) in [6, 6.07) is 6.73. The van der Waals surface area contributed by atoms with Crippen LogP contribution in [-0.4, -0.2) is 37.6 Å². The predicted octanol–water partition coefficient (Wildman–Crippen LogP) is 1.73. The van der Waals surface area contributed by atoms with Gasteiger partial charge in [-0.2, -0.15) is 5.10 Å². The summed E-state index contributed by atoms with van der Waals surface area (Å²) in [6.07, 6.45) is 1.31. The lowest BCUT2D eigenvalue weighted by molar-refractivity contribution is 0.0690. The predicted molar refractivity (Wildman–Crippen MR) is 69.6 cm³/mol. The van der Waals surface area contributed by atoms with E-state index in [1.807, 2.05) is 19.9 Å². The zero-order chi connectivity index (χ0) is 13.8. The first-order valence-corrected chi connectivity index (χ1v) is 6.08. The molecule has 1 aromatic heterocycles. The van der Waals surface area contributed by atoms with Crippen LogP contribution in [-0.2, 0) is 0 Å². The number of carbonyl (C=O) groups excluding carboxylic acids is 1. The zero-order valence-electron chi connectivity index (χ0n) is 10.9. The lowest BCUT2D eigenvalue weighted by Crippen LogP contribution is -2.34. The van der Waals surface area contributed by atoms with E-state index < -0.39 is 0 Å². The van der Waals surface area contributed by atoms with Crippen molar-refractivity contribution in [2.75, 3.05) is 6.54 Å². The Hall–Kier alpha value is -2.37. The fourth-order valence-electron chi connectivity index (χ4n) is 2.00. The summed E-state index contributed by atoms with van der Waals surface area (Å²) in [5.74, 6) is 0.192. The highest BCUT2D eigenvalue weighted by Gasteiger charge is 2.23. The number of hydrogen-bond acceptors (Lipinski definition) is 4. The van der Waals surface area contributed by atoms with E-state index in [0.717, 1.165) is 5.56 Å². The van der Waals surface area contributed by atoms with Crippen molar-refractivity contribution in [2.24, 2.45) is 0 Å². The maximum absolute atomic E-state index is 12.3. The van der Waals surface area contributed by atoms with Crippen LogP contribution in [0.3, 0.4) is 0 Å². The average Bonchev–Trinajstić information content (AvgIpc) is 2.93. The summed E-state index contributed by atoms with van der Waals surface area (Å²) in [5.41, 5.74) is 0.870. The number of aromatic hydroxyl groups is 1. The highest BCUT2D eigenvalue weighted by Crippen LogP contribution is 2.24. The number of phenols is 1. The van der Waals surface area contributed by atoms with Crippen LogP contribution in [0.2, 0.25) is 0 Å². The number of aromatic nitrogens is 3. The third-order valence-corrected chi connectivity index (χ3v) is 3.04. The molecule has 100 valence electrons. The number of benzene rings is 1. The summed E-state index contributed by atoms with van der Waals surface area (Å²) >= 11 is 0. The molecule has 6 heteroatoms. The largest absolute Gasteiger partial charge is 0.508 e. The third-order valence-electron chi connectivity index (χ3n) is 3.04. The number of phenolic OH excluding ortho intramolecular Hbond substituents is 1. The SMILES string of the molecule is CCN(C(=O)c1ncn[nH]1)C(C)c1cccc(O)c1. The molecule has 0 saturated carbocycles. The highest BCUT2D eigenvalue weighted by molar-refractivity contribution is 5.90. The zero-order valence-corrected chi connectivity index (χ0v) is 10.9. The Kier molecular flexibility index (Phi) is 3.79. The van der Waals surface area contributed by atoms with Gasteiger partial charge >= 0.3 is 0 Å². The first kappa shape index (κ1) is 13.1. The molecule has 19 heavy (non-hydrogen) atoms. The second-order valence-electron chi connectivity index (χ2n) is 4.20. The topological polar surface area (TPSA) is 82.1 Å². The molecule has 0 saturated heterocycles. The minimum atomic E-state index is -0.212. The molecule has 0 spiro atoms. The van der Waals surface area contributed by atoms with Gasteiger partial charge in [-0.1, -0.05) is 12.1 Å². The van der Waals surface area contributed by atoms with E-state index in [0.29, 0.717) is 6.54 Å². The van der Waals surface area contributed by atoms with Gasteiger partial charge in [-0.05, 0) is 31.5 Å². The maximum atomic E-state index is 12.3. The molecule has 1 heterocycles. The Bertz CT molecular complexity index is 554. The number of rotatable bonds is 4. The van der Waals surface area contributed by atoms with Crippen LogP contribution in [0.15, 0.2) is 30.6 Å². The number of amides is 1. The molecule has 6 nitrogen and oxygen atoms in total. The van der Waals surface area contributed by atoms with E-state index in [4.69, 9.17) is 0 Å². The van der Waals surface area contributed by atoms with Gasteiger partial charge in [0, 0.05) is 6.54 Å². The van der Waals surface area contributed by atoms with Gasteiger partial charge in [0.05, 0.1) is 6.04 Å².